The van der Waals surface area contributed by atoms with Gasteiger partial charge in [0, 0.05) is 39.5 Å². The van der Waals surface area contributed by atoms with Crippen LogP contribution in [-0.2, 0) is 17.5 Å². The van der Waals surface area contributed by atoms with Gasteiger partial charge in [-0.3, -0.25) is 0 Å². The van der Waals surface area contributed by atoms with Crippen LogP contribution in [0.3, 0.4) is 0 Å². The number of hydrogen-bond acceptors (Lipinski definition) is 3. The molecule has 0 atom stereocenters. The van der Waals surface area contributed by atoms with Crippen molar-refractivity contribution in [2.24, 2.45) is 0 Å². The lowest BCUT2D eigenvalue weighted by molar-refractivity contribution is -0.137. The number of methoxy groups -OCH3 is 1. The van der Waals surface area contributed by atoms with Crippen molar-refractivity contribution in [3.63, 3.8) is 0 Å². The monoisotopic (exact) mass is 304 g/mol. The highest BCUT2D eigenvalue weighted by molar-refractivity contribution is 5.56. The molecule has 0 heterocycles. The van der Waals surface area contributed by atoms with Gasteiger partial charge in [0.2, 0.25) is 0 Å². The van der Waals surface area contributed by atoms with Gasteiger partial charge in [-0.25, -0.2) is 0 Å². The number of benzene rings is 1. The third kappa shape index (κ3) is 5.55. The number of alkyl halides is 3. The average molecular weight is 304 g/mol. The van der Waals surface area contributed by atoms with E-state index in [9.17, 15) is 13.2 Å². The Morgan fingerprint density at radius 1 is 1.29 bits per heavy atom. The standard InChI is InChI=1S/C15H23F3N2O/c1-4-8-20(2)14-6-5-12(11-19-7-9-21-3)10-13(14)15(16,17)18/h5-6,10,19H,4,7-9,11H2,1-3H3. The van der Waals surface area contributed by atoms with Crippen molar-refractivity contribution in [3.8, 4) is 0 Å². The lowest BCUT2D eigenvalue weighted by Crippen LogP contribution is -2.23. The van der Waals surface area contributed by atoms with E-state index >= 15 is 0 Å². The van der Waals surface area contributed by atoms with Crippen LogP contribution in [0.5, 0.6) is 0 Å². The van der Waals surface area contributed by atoms with E-state index in [1.54, 1.807) is 31.2 Å². The van der Waals surface area contributed by atoms with Crippen LogP contribution in [0.25, 0.3) is 0 Å². The van der Waals surface area contributed by atoms with E-state index in [1.165, 1.54) is 6.07 Å². The lowest BCUT2D eigenvalue weighted by Gasteiger charge is -2.23. The first-order valence-corrected chi connectivity index (χ1v) is 7.01. The fraction of sp³-hybridized carbons (Fsp3) is 0.600. The Morgan fingerprint density at radius 2 is 2.00 bits per heavy atom. The Balaban J connectivity index is 2.91. The molecule has 0 aliphatic carbocycles. The van der Waals surface area contributed by atoms with Crippen LogP contribution < -0.4 is 10.2 Å². The minimum atomic E-state index is -4.35. The SMILES string of the molecule is CCCN(C)c1ccc(CNCCOC)cc1C(F)(F)F. The summed E-state index contributed by atoms with van der Waals surface area (Å²) in [6.07, 6.45) is -3.55. The van der Waals surface area contributed by atoms with E-state index in [1.807, 2.05) is 6.92 Å². The molecule has 0 saturated heterocycles. The highest BCUT2D eigenvalue weighted by Crippen LogP contribution is 2.37. The molecule has 0 spiro atoms. The topological polar surface area (TPSA) is 24.5 Å². The fourth-order valence-corrected chi connectivity index (χ4v) is 2.12. The second-order valence-corrected chi connectivity index (χ2v) is 4.94. The first-order valence-electron chi connectivity index (χ1n) is 7.01. The molecule has 3 nitrogen and oxygen atoms in total. The summed E-state index contributed by atoms with van der Waals surface area (Å²) in [7, 11) is 3.27. The maximum absolute atomic E-state index is 13.2. The van der Waals surface area contributed by atoms with Gasteiger partial charge < -0.3 is 15.0 Å². The number of anilines is 1. The first-order chi connectivity index (χ1) is 9.90. The van der Waals surface area contributed by atoms with Gasteiger partial charge in [-0.2, -0.15) is 13.2 Å². The Bertz CT molecular complexity index is 435. The van der Waals surface area contributed by atoms with Crippen molar-refractivity contribution >= 4 is 5.69 Å². The van der Waals surface area contributed by atoms with Crippen LogP contribution >= 0.6 is 0 Å². The highest BCUT2D eigenvalue weighted by Gasteiger charge is 2.34. The molecule has 0 radical (unpaired) electrons. The van der Waals surface area contributed by atoms with Gasteiger partial charge in [-0.15, -0.1) is 0 Å². The molecule has 1 rings (SSSR count). The molecular weight excluding hydrogens is 281 g/mol. The molecule has 1 aromatic rings. The quantitative estimate of drug-likeness (QED) is 0.746. The van der Waals surface area contributed by atoms with Crippen LogP contribution in [-0.4, -0.2) is 33.9 Å². The average Bonchev–Trinajstić information content (AvgIpc) is 2.43. The van der Waals surface area contributed by atoms with Crippen molar-refractivity contribution in [2.45, 2.75) is 26.1 Å². The normalized spacial score (nSPS) is 11.7. The zero-order chi connectivity index (χ0) is 15.9. The van der Waals surface area contributed by atoms with Crippen molar-refractivity contribution in [2.75, 3.05) is 38.8 Å². The van der Waals surface area contributed by atoms with E-state index in [4.69, 9.17) is 4.74 Å². The van der Waals surface area contributed by atoms with Gasteiger partial charge in [0.25, 0.3) is 0 Å². The third-order valence-electron chi connectivity index (χ3n) is 3.15. The molecule has 0 unspecified atom stereocenters. The molecule has 1 aromatic carbocycles. The molecule has 21 heavy (non-hydrogen) atoms. The molecule has 0 bridgehead atoms. The predicted molar refractivity (Wildman–Crippen MR) is 78.6 cm³/mol. The van der Waals surface area contributed by atoms with Crippen LogP contribution in [0, 0.1) is 0 Å². The summed E-state index contributed by atoms with van der Waals surface area (Å²) >= 11 is 0. The molecule has 0 fully saturated rings. The Kier molecular flexibility index (Phi) is 6.98. The Hall–Kier alpha value is -1.27. The smallest absolute Gasteiger partial charge is 0.383 e. The maximum Gasteiger partial charge on any atom is 0.418 e. The molecular formula is C15H23F3N2O. The van der Waals surface area contributed by atoms with Gasteiger partial charge in [-0.1, -0.05) is 13.0 Å². The molecule has 120 valence electrons. The van der Waals surface area contributed by atoms with Crippen molar-refractivity contribution in [3.05, 3.63) is 29.3 Å². The van der Waals surface area contributed by atoms with E-state index < -0.39 is 11.7 Å². The van der Waals surface area contributed by atoms with Crippen LogP contribution in [0.4, 0.5) is 18.9 Å². The number of rotatable bonds is 8. The first kappa shape index (κ1) is 17.8. The Labute approximate surface area is 124 Å². The number of hydrogen-bond donors (Lipinski definition) is 1. The molecule has 0 aromatic heterocycles. The number of ether oxygens (including phenoxy) is 1. The third-order valence-corrected chi connectivity index (χ3v) is 3.15. The number of nitrogens with one attached hydrogen (secondary N) is 1. The highest BCUT2D eigenvalue weighted by atomic mass is 19.4. The van der Waals surface area contributed by atoms with Crippen molar-refractivity contribution in [1.82, 2.24) is 5.32 Å². The van der Waals surface area contributed by atoms with E-state index in [2.05, 4.69) is 5.32 Å². The minimum absolute atomic E-state index is 0.227. The second kappa shape index (κ2) is 8.24. The summed E-state index contributed by atoms with van der Waals surface area (Å²) in [5, 5.41) is 3.05. The fourth-order valence-electron chi connectivity index (χ4n) is 2.12. The summed E-state index contributed by atoms with van der Waals surface area (Å²) in [5.74, 6) is 0. The number of halogens is 3. The zero-order valence-corrected chi connectivity index (χ0v) is 12.8. The zero-order valence-electron chi connectivity index (χ0n) is 12.8. The molecule has 0 saturated carbocycles. The summed E-state index contributed by atoms with van der Waals surface area (Å²) in [4.78, 5) is 1.64. The molecule has 6 heteroatoms. The summed E-state index contributed by atoms with van der Waals surface area (Å²) < 4.78 is 44.5. The summed E-state index contributed by atoms with van der Waals surface area (Å²) in [5.41, 5.74) is 0.265. The van der Waals surface area contributed by atoms with E-state index in [0.29, 0.717) is 31.8 Å². The molecule has 1 N–H and O–H groups in total. The van der Waals surface area contributed by atoms with Gasteiger partial charge in [0.1, 0.15) is 0 Å². The maximum atomic E-state index is 13.2. The molecule has 0 amide bonds. The van der Waals surface area contributed by atoms with Crippen LogP contribution in [0.15, 0.2) is 18.2 Å². The van der Waals surface area contributed by atoms with Gasteiger partial charge in [-0.05, 0) is 24.1 Å². The van der Waals surface area contributed by atoms with Crippen molar-refractivity contribution in [1.29, 1.82) is 0 Å². The lowest BCUT2D eigenvalue weighted by atomic mass is 10.1. The summed E-state index contributed by atoms with van der Waals surface area (Å²) in [6, 6.07) is 4.50. The van der Waals surface area contributed by atoms with Gasteiger partial charge in [0.15, 0.2) is 0 Å². The van der Waals surface area contributed by atoms with E-state index in [0.717, 1.165) is 6.42 Å². The Morgan fingerprint density at radius 3 is 2.57 bits per heavy atom. The second-order valence-electron chi connectivity index (χ2n) is 4.94. The van der Waals surface area contributed by atoms with Crippen molar-refractivity contribution < 1.29 is 17.9 Å². The van der Waals surface area contributed by atoms with E-state index in [-0.39, 0.29) is 5.69 Å². The largest absolute Gasteiger partial charge is 0.418 e. The minimum Gasteiger partial charge on any atom is -0.383 e. The summed E-state index contributed by atoms with van der Waals surface area (Å²) in [6.45, 7) is 4.06. The molecule has 0 aliphatic heterocycles. The van der Waals surface area contributed by atoms with Crippen LogP contribution in [0.1, 0.15) is 24.5 Å². The number of nitrogens with zero attached hydrogens (tertiary/aromatic N) is 1. The molecule has 0 aliphatic rings. The van der Waals surface area contributed by atoms with Crippen LogP contribution in [0.2, 0.25) is 0 Å². The van der Waals surface area contributed by atoms with Gasteiger partial charge in [0.05, 0.1) is 12.2 Å². The predicted octanol–water partition coefficient (Wildman–Crippen LogP) is 3.29. The van der Waals surface area contributed by atoms with Gasteiger partial charge >= 0.3 is 6.18 Å².